The van der Waals surface area contributed by atoms with Crippen LogP contribution in [-0.2, 0) is 9.47 Å². The van der Waals surface area contributed by atoms with Gasteiger partial charge in [-0.1, -0.05) is 12.8 Å². The molecule has 1 spiro atoms. The average molecular weight is 148 g/mol. The summed E-state index contributed by atoms with van der Waals surface area (Å²) in [4.78, 5) is 0. The molecule has 2 rings (SSSR count). The Bertz CT molecular complexity index is 127. The summed E-state index contributed by atoms with van der Waals surface area (Å²) in [5, 5.41) is 0. The largest absolute Gasteiger partial charge is 1.00 e. The molecule has 2 fully saturated rings. The van der Waals surface area contributed by atoms with Crippen LogP contribution in [0, 0.1) is 12.8 Å². The van der Waals surface area contributed by atoms with E-state index in [1.165, 1.54) is 6.42 Å². The van der Waals surface area contributed by atoms with Crippen molar-refractivity contribution in [2.75, 3.05) is 13.2 Å². The molecule has 0 aromatic carbocycles. The topological polar surface area (TPSA) is 18.5 Å². The first kappa shape index (κ1) is 9.60. The van der Waals surface area contributed by atoms with Gasteiger partial charge >= 0.3 is 18.9 Å². The van der Waals surface area contributed by atoms with Crippen LogP contribution in [0.25, 0.3) is 0 Å². The SMILES string of the molecule is [CH2-]C1CCCC12OCCO2.[Li+]. The van der Waals surface area contributed by atoms with Crippen LogP contribution in [0.5, 0.6) is 0 Å². The molecule has 0 amide bonds. The molecule has 1 saturated heterocycles. The third-order valence-electron chi connectivity index (χ3n) is 2.48. The minimum Gasteiger partial charge on any atom is -0.350 e. The van der Waals surface area contributed by atoms with E-state index in [0.717, 1.165) is 26.1 Å². The van der Waals surface area contributed by atoms with Gasteiger partial charge in [0.25, 0.3) is 0 Å². The molecule has 3 heteroatoms. The molecule has 0 aromatic rings. The third-order valence-corrected chi connectivity index (χ3v) is 2.48. The van der Waals surface area contributed by atoms with Crippen molar-refractivity contribution >= 4 is 0 Å². The Morgan fingerprint density at radius 2 is 1.91 bits per heavy atom. The van der Waals surface area contributed by atoms with Crippen molar-refractivity contribution in [3.63, 3.8) is 0 Å². The Hall–Kier alpha value is 0.517. The van der Waals surface area contributed by atoms with Gasteiger partial charge in [0.2, 0.25) is 0 Å². The first-order chi connectivity index (χ1) is 4.83. The van der Waals surface area contributed by atoms with E-state index in [0.29, 0.717) is 5.92 Å². The molecule has 0 radical (unpaired) electrons. The second-order valence-electron chi connectivity index (χ2n) is 3.10. The molecule has 0 aromatic heterocycles. The van der Waals surface area contributed by atoms with Gasteiger partial charge < -0.3 is 16.4 Å². The van der Waals surface area contributed by atoms with Crippen LogP contribution >= 0.6 is 0 Å². The third kappa shape index (κ3) is 1.50. The van der Waals surface area contributed by atoms with Gasteiger partial charge in [0.15, 0.2) is 0 Å². The average Bonchev–Trinajstić information content (AvgIpc) is 2.48. The minimum absolute atomic E-state index is 0. The molecular weight excluding hydrogens is 135 g/mol. The van der Waals surface area contributed by atoms with Gasteiger partial charge in [-0.25, -0.2) is 0 Å². The molecule has 0 bridgehead atoms. The predicted molar refractivity (Wildman–Crippen MR) is 37.3 cm³/mol. The standard InChI is InChI=1S/C8H13O2.Li/c1-7-3-2-4-8(7)9-5-6-10-8;/h7H,1-6H2;/q-1;+1. The van der Waals surface area contributed by atoms with Crippen LogP contribution in [0.2, 0.25) is 0 Å². The Morgan fingerprint density at radius 1 is 1.27 bits per heavy atom. The molecule has 1 aliphatic carbocycles. The van der Waals surface area contributed by atoms with Crippen LogP contribution in [0.4, 0.5) is 0 Å². The zero-order valence-electron chi connectivity index (χ0n) is 7.14. The molecule has 1 saturated carbocycles. The van der Waals surface area contributed by atoms with Crippen LogP contribution in [0.1, 0.15) is 19.3 Å². The fourth-order valence-electron chi connectivity index (χ4n) is 1.87. The number of rotatable bonds is 0. The van der Waals surface area contributed by atoms with Crippen molar-refractivity contribution in [3.8, 4) is 0 Å². The summed E-state index contributed by atoms with van der Waals surface area (Å²) in [6.45, 7) is 5.53. The van der Waals surface area contributed by atoms with Gasteiger partial charge in [-0.05, 0) is 6.42 Å². The van der Waals surface area contributed by atoms with Crippen molar-refractivity contribution in [1.82, 2.24) is 0 Å². The maximum absolute atomic E-state index is 5.53. The van der Waals surface area contributed by atoms with E-state index in [2.05, 4.69) is 6.92 Å². The van der Waals surface area contributed by atoms with E-state index in [4.69, 9.17) is 9.47 Å². The zero-order valence-corrected chi connectivity index (χ0v) is 7.14. The molecule has 0 N–H and O–H groups in total. The van der Waals surface area contributed by atoms with Crippen molar-refractivity contribution in [3.05, 3.63) is 6.92 Å². The van der Waals surface area contributed by atoms with E-state index >= 15 is 0 Å². The van der Waals surface area contributed by atoms with Crippen LogP contribution < -0.4 is 18.9 Å². The summed E-state index contributed by atoms with van der Waals surface area (Å²) < 4.78 is 11.1. The second-order valence-corrected chi connectivity index (χ2v) is 3.10. The first-order valence-electron chi connectivity index (χ1n) is 3.94. The number of ether oxygens (including phenoxy) is 2. The van der Waals surface area contributed by atoms with Gasteiger partial charge in [0.1, 0.15) is 5.79 Å². The Morgan fingerprint density at radius 3 is 2.36 bits per heavy atom. The van der Waals surface area contributed by atoms with Crippen molar-refractivity contribution < 1.29 is 28.3 Å². The first-order valence-corrected chi connectivity index (χ1v) is 3.94. The molecule has 2 aliphatic rings. The van der Waals surface area contributed by atoms with E-state index in [1.807, 2.05) is 0 Å². The van der Waals surface area contributed by atoms with Crippen molar-refractivity contribution in [1.29, 1.82) is 0 Å². The summed E-state index contributed by atoms with van der Waals surface area (Å²) in [6.07, 6.45) is 3.40. The monoisotopic (exact) mass is 148 g/mol. The summed E-state index contributed by atoms with van der Waals surface area (Å²) in [6, 6.07) is 0. The number of hydrogen-bond donors (Lipinski definition) is 0. The van der Waals surface area contributed by atoms with Gasteiger partial charge in [0, 0.05) is 0 Å². The van der Waals surface area contributed by atoms with Gasteiger partial charge in [0.05, 0.1) is 13.2 Å². The van der Waals surface area contributed by atoms with Gasteiger partial charge in [-0.3, -0.25) is 0 Å². The van der Waals surface area contributed by atoms with E-state index in [9.17, 15) is 0 Å². The number of hydrogen-bond acceptors (Lipinski definition) is 2. The van der Waals surface area contributed by atoms with E-state index in [-0.39, 0.29) is 24.6 Å². The summed E-state index contributed by atoms with van der Waals surface area (Å²) in [5.74, 6) is 0.0926. The Kier molecular flexibility index (Phi) is 3.05. The van der Waals surface area contributed by atoms with Crippen molar-refractivity contribution in [2.45, 2.75) is 25.0 Å². The zero-order chi connectivity index (χ0) is 7.03. The smallest absolute Gasteiger partial charge is 0.350 e. The minimum atomic E-state index is -0.264. The van der Waals surface area contributed by atoms with Crippen LogP contribution in [0.3, 0.4) is 0 Å². The molecule has 1 unspecified atom stereocenters. The predicted octanol–water partition coefficient (Wildman–Crippen LogP) is -1.63. The van der Waals surface area contributed by atoms with Crippen LogP contribution in [-0.4, -0.2) is 19.0 Å². The molecule has 58 valence electrons. The molecule has 1 aliphatic heterocycles. The van der Waals surface area contributed by atoms with Gasteiger partial charge in [-0.2, -0.15) is 0 Å². The summed E-state index contributed by atoms with van der Waals surface area (Å²) in [5.41, 5.74) is 0. The van der Waals surface area contributed by atoms with E-state index < -0.39 is 0 Å². The Labute approximate surface area is 79.8 Å². The molecule has 2 nitrogen and oxygen atoms in total. The summed E-state index contributed by atoms with van der Waals surface area (Å²) >= 11 is 0. The molecule has 1 atom stereocenters. The molecule has 1 heterocycles. The molecule has 11 heavy (non-hydrogen) atoms. The second kappa shape index (κ2) is 3.49. The fourth-order valence-corrected chi connectivity index (χ4v) is 1.87. The molecular formula is C8H13LiO2. The quantitative estimate of drug-likeness (QED) is 0.303. The maximum Gasteiger partial charge on any atom is 1.00 e. The van der Waals surface area contributed by atoms with Gasteiger partial charge in [-0.15, -0.1) is 5.92 Å². The van der Waals surface area contributed by atoms with Crippen molar-refractivity contribution in [2.24, 2.45) is 5.92 Å². The Balaban J connectivity index is 0.000000605. The van der Waals surface area contributed by atoms with Crippen LogP contribution in [0.15, 0.2) is 0 Å². The normalized spacial score (nSPS) is 34.1. The summed E-state index contributed by atoms with van der Waals surface area (Å²) in [7, 11) is 0. The van der Waals surface area contributed by atoms with E-state index in [1.54, 1.807) is 0 Å². The fraction of sp³-hybridized carbons (Fsp3) is 0.875. The maximum atomic E-state index is 5.53.